The molecule has 3 nitrogen and oxygen atoms in total. The average Bonchev–Trinajstić information content (AvgIpc) is 2.57. The average molecular weight is 358 g/mol. The lowest BCUT2D eigenvalue weighted by molar-refractivity contribution is -0.137. The van der Waals surface area contributed by atoms with E-state index >= 15 is 0 Å². The molecule has 0 aliphatic rings. The van der Waals surface area contributed by atoms with Crippen LogP contribution < -0.4 is 5.56 Å². The quantitative estimate of drug-likeness (QED) is 0.686. The van der Waals surface area contributed by atoms with E-state index in [2.05, 4.69) is 5.10 Å². The smallest absolute Gasteiger partial charge is 0.268 e. The summed E-state index contributed by atoms with van der Waals surface area (Å²) in [4.78, 5) is 12.1. The number of aryl methyl sites for hydroxylation is 2. The van der Waals surface area contributed by atoms with Gasteiger partial charge in [0.1, 0.15) is 0 Å². The largest absolute Gasteiger partial charge is 0.416 e. The minimum atomic E-state index is -4.38. The highest BCUT2D eigenvalue weighted by molar-refractivity contribution is 5.63. The van der Waals surface area contributed by atoms with Gasteiger partial charge in [0, 0.05) is 11.6 Å². The van der Waals surface area contributed by atoms with E-state index in [0.717, 1.165) is 28.8 Å². The summed E-state index contributed by atoms with van der Waals surface area (Å²) in [6.07, 6.45) is -4.38. The molecule has 0 aliphatic carbocycles. The fourth-order valence-corrected chi connectivity index (χ4v) is 2.78. The highest BCUT2D eigenvalue weighted by Crippen LogP contribution is 2.29. The second-order valence-corrected chi connectivity index (χ2v) is 6.23. The lowest BCUT2D eigenvalue weighted by Gasteiger charge is -2.11. The lowest BCUT2D eigenvalue weighted by atomic mass is 10.0. The summed E-state index contributed by atoms with van der Waals surface area (Å²) in [6.45, 7) is 4.07. The van der Waals surface area contributed by atoms with Crippen LogP contribution in [0.25, 0.3) is 11.3 Å². The summed E-state index contributed by atoms with van der Waals surface area (Å²) in [5.74, 6) is 0. The Hall–Kier alpha value is -2.89. The highest BCUT2D eigenvalue weighted by Gasteiger charge is 2.29. The Labute approximate surface area is 148 Å². The molecule has 134 valence electrons. The van der Waals surface area contributed by atoms with Gasteiger partial charge in [-0.1, -0.05) is 35.9 Å². The predicted molar refractivity (Wildman–Crippen MR) is 94.0 cm³/mol. The first-order valence-corrected chi connectivity index (χ1v) is 8.06. The Morgan fingerprint density at radius 1 is 0.962 bits per heavy atom. The molecule has 0 amide bonds. The van der Waals surface area contributed by atoms with Crippen LogP contribution in [0.3, 0.4) is 0 Å². The number of nitrogens with zero attached hydrogens (tertiary/aromatic N) is 2. The molecule has 0 atom stereocenters. The van der Waals surface area contributed by atoms with Crippen molar-refractivity contribution in [2.75, 3.05) is 0 Å². The van der Waals surface area contributed by atoms with Gasteiger partial charge in [0.25, 0.3) is 5.56 Å². The van der Waals surface area contributed by atoms with E-state index in [0.29, 0.717) is 11.3 Å². The molecule has 3 rings (SSSR count). The van der Waals surface area contributed by atoms with Crippen molar-refractivity contribution in [3.8, 4) is 11.3 Å². The number of hydrogen-bond acceptors (Lipinski definition) is 2. The number of aromatic nitrogens is 2. The third-order valence-electron chi connectivity index (χ3n) is 4.14. The lowest BCUT2D eigenvalue weighted by Crippen LogP contribution is -2.23. The van der Waals surface area contributed by atoms with Gasteiger partial charge in [0.05, 0.1) is 17.8 Å². The van der Waals surface area contributed by atoms with Crippen LogP contribution in [0, 0.1) is 13.8 Å². The number of halogens is 3. The molecule has 0 aliphatic heterocycles. The molecule has 0 saturated carbocycles. The third-order valence-corrected chi connectivity index (χ3v) is 4.14. The molecule has 0 unspecified atom stereocenters. The molecule has 0 bridgehead atoms. The van der Waals surface area contributed by atoms with Gasteiger partial charge in [-0.25, -0.2) is 4.68 Å². The van der Waals surface area contributed by atoms with Crippen LogP contribution in [0.4, 0.5) is 13.2 Å². The topological polar surface area (TPSA) is 34.9 Å². The van der Waals surface area contributed by atoms with Crippen LogP contribution in [0.2, 0.25) is 0 Å². The molecule has 0 saturated heterocycles. The molecule has 3 aromatic rings. The fraction of sp³-hybridized carbons (Fsp3) is 0.200. The number of hydrogen-bond donors (Lipinski definition) is 0. The van der Waals surface area contributed by atoms with Crippen molar-refractivity contribution < 1.29 is 13.2 Å². The van der Waals surface area contributed by atoms with Crippen LogP contribution in [0.15, 0.2) is 59.4 Å². The van der Waals surface area contributed by atoms with Crippen LogP contribution >= 0.6 is 0 Å². The van der Waals surface area contributed by atoms with Crippen LogP contribution in [-0.4, -0.2) is 9.78 Å². The molecular weight excluding hydrogens is 341 g/mol. The molecule has 2 aromatic carbocycles. The van der Waals surface area contributed by atoms with Gasteiger partial charge >= 0.3 is 6.18 Å². The number of benzene rings is 2. The van der Waals surface area contributed by atoms with E-state index in [1.165, 1.54) is 22.9 Å². The molecule has 0 N–H and O–H groups in total. The van der Waals surface area contributed by atoms with Crippen molar-refractivity contribution in [2.24, 2.45) is 0 Å². The van der Waals surface area contributed by atoms with Crippen LogP contribution in [0.5, 0.6) is 0 Å². The minimum Gasteiger partial charge on any atom is -0.268 e. The zero-order valence-corrected chi connectivity index (χ0v) is 14.3. The molecule has 1 aromatic heterocycles. The van der Waals surface area contributed by atoms with Gasteiger partial charge < -0.3 is 0 Å². The van der Waals surface area contributed by atoms with Gasteiger partial charge in [0.15, 0.2) is 0 Å². The molecule has 1 heterocycles. The Kier molecular flexibility index (Phi) is 4.68. The standard InChI is InChI=1S/C20H17F3N2O/c1-13-3-8-17(14(2)11-13)18-9-10-19(26)25(24-18)12-15-4-6-16(7-5-15)20(21,22)23/h3-11H,12H2,1-2H3. The van der Waals surface area contributed by atoms with Crippen molar-refractivity contribution in [1.82, 2.24) is 9.78 Å². The maximum absolute atomic E-state index is 12.6. The van der Waals surface area contributed by atoms with E-state index in [4.69, 9.17) is 0 Å². The van der Waals surface area contributed by atoms with Crippen LogP contribution in [0.1, 0.15) is 22.3 Å². The van der Waals surface area contributed by atoms with Crippen molar-refractivity contribution in [3.63, 3.8) is 0 Å². The van der Waals surface area contributed by atoms with E-state index in [1.807, 2.05) is 32.0 Å². The van der Waals surface area contributed by atoms with Gasteiger partial charge in [-0.05, 0) is 43.2 Å². The van der Waals surface area contributed by atoms with E-state index < -0.39 is 11.7 Å². The van der Waals surface area contributed by atoms with Crippen molar-refractivity contribution in [1.29, 1.82) is 0 Å². The molecular formula is C20H17F3N2O. The van der Waals surface area contributed by atoms with E-state index in [9.17, 15) is 18.0 Å². The summed E-state index contributed by atoms with van der Waals surface area (Å²) in [6, 6.07) is 13.8. The molecule has 0 fully saturated rings. The maximum atomic E-state index is 12.6. The first-order valence-electron chi connectivity index (χ1n) is 8.06. The summed E-state index contributed by atoms with van der Waals surface area (Å²) in [5.41, 5.74) is 3.28. The normalized spacial score (nSPS) is 11.6. The first kappa shape index (κ1) is 17.9. The maximum Gasteiger partial charge on any atom is 0.416 e. The number of alkyl halides is 3. The zero-order valence-electron chi connectivity index (χ0n) is 14.3. The van der Waals surface area contributed by atoms with E-state index in [-0.39, 0.29) is 12.1 Å². The fourth-order valence-electron chi connectivity index (χ4n) is 2.78. The molecule has 6 heteroatoms. The van der Waals surface area contributed by atoms with Gasteiger partial charge in [-0.3, -0.25) is 4.79 Å². The summed E-state index contributed by atoms with van der Waals surface area (Å²) >= 11 is 0. The minimum absolute atomic E-state index is 0.107. The zero-order chi connectivity index (χ0) is 18.9. The first-order chi connectivity index (χ1) is 12.2. The predicted octanol–water partition coefficient (Wildman–Crippen LogP) is 4.59. The Balaban J connectivity index is 1.92. The number of rotatable bonds is 3. The van der Waals surface area contributed by atoms with Gasteiger partial charge in [0.2, 0.25) is 0 Å². The SMILES string of the molecule is Cc1ccc(-c2ccc(=O)n(Cc3ccc(C(F)(F)F)cc3)n2)c(C)c1. The second kappa shape index (κ2) is 6.78. The van der Waals surface area contributed by atoms with Gasteiger partial charge in [-0.15, -0.1) is 0 Å². The molecule has 0 spiro atoms. The third kappa shape index (κ3) is 3.85. The van der Waals surface area contributed by atoms with Crippen LogP contribution in [-0.2, 0) is 12.7 Å². The molecule has 26 heavy (non-hydrogen) atoms. The van der Waals surface area contributed by atoms with E-state index in [1.54, 1.807) is 6.07 Å². The summed E-state index contributed by atoms with van der Waals surface area (Å²) < 4.78 is 39.2. The summed E-state index contributed by atoms with van der Waals surface area (Å²) in [7, 11) is 0. The highest BCUT2D eigenvalue weighted by atomic mass is 19.4. The van der Waals surface area contributed by atoms with Crippen molar-refractivity contribution >= 4 is 0 Å². The monoisotopic (exact) mass is 358 g/mol. The van der Waals surface area contributed by atoms with Crippen molar-refractivity contribution in [3.05, 3.63) is 87.2 Å². The Morgan fingerprint density at radius 2 is 1.65 bits per heavy atom. The Morgan fingerprint density at radius 3 is 2.27 bits per heavy atom. The summed E-state index contributed by atoms with van der Waals surface area (Å²) in [5, 5.41) is 4.38. The van der Waals surface area contributed by atoms with Crippen molar-refractivity contribution in [2.45, 2.75) is 26.6 Å². The molecule has 0 radical (unpaired) electrons. The second-order valence-electron chi connectivity index (χ2n) is 6.23. The van der Waals surface area contributed by atoms with Gasteiger partial charge in [-0.2, -0.15) is 18.3 Å². The Bertz CT molecular complexity index is 989.